The Morgan fingerprint density at radius 1 is 1.00 bits per heavy atom. The number of amides is 1. The van der Waals surface area contributed by atoms with Crippen LogP contribution in [0.5, 0.6) is 0 Å². The van der Waals surface area contributed by atoms with E-state index in [9.17, 15) is 9.59 Å². The molecule has 1 amide bonds. The van der Waals surface area contributed by atoms with Gasteiger partial charge in [0.25, 0.3) is 0 Å². The molecule has 1 atom stereocenters. The van der Waals surface area contributed by atoms with E-state index < -0.39 is 5.60 Å². The van der Waals surface area contributed by atoms with Crippen LogP contribution in [0.1, 0.15) is 50.3 Å². The second-order valence-corrected chi connectivity index (χ2v) is 8.41. The number of rotatable bonds is 5. The molecule has 28 heavy (non-hydrogen) atoms. The van der Waals surface area contributed by atoms with Crippen molar-refractivity contribution in [2.75, 3.05) is 6.54 Å². The van der Waals surface area contributed by atoms with Gasteiger partial charge in [0.2, 0.25) is 0 Å². The number of carbonyl (C=O) groups excluding carboxylic acids is 2. The third-order valence-corrected chi connectivity index (χ3v) is 4.97. The molecule has 1 saturated heterocycles. The molecule has 1 heterocycles. The topological polar surface area (TPSA) is 46.6 Å². The SMILES string of the molecule is CC(C)(C)OC(=O)N1CCC[C@H]1C(=O)Cc1ccccc1Cc1ccccc1. The molecule has 0 N–H and O–H groups in total. The summed E-state index contributed by atoms with van der Waals surface area (Å²) in [5.41, 5.74) is 2.85. The average Bonchev–Trinajstić information content (AvgIpc) is 3.13. The molecule has 0 radical (unpaired) electrons. The quantitative estimate of drug-likeness (QED) is 0.750. The van der Waals surface area contributed by atoms with E-state index in [1.165, 1.54) is 5.56 Å². The fraction of sp³-hybridized carbons (Fsp3) is 0.417. The van der Waals surface area contributed by atoms with E-state index in [0.29, 0.717) is 19.4 Å². The molecule has 4 nitrogen and oxygen atoms in total. The van der Waals surface area contributed by atoms with Crippen LogP contribution >= 0.6 is 0 Å². The summed E-state index contributed by atoms with van der Waals surface area (Å²) in [4.78, 5) is 27.1. The molecule has 1 aliphatic rings. The van der Waals surface area contributed by atoms with Gasteiger partial charge in [-0.2, -0.15) is 0 Å². The minimum absolute atomic E-state index is 0.0869. The van der Waals surface area contributed by atoms with Gasteiger partial charge in [-0.15, -0.1) is 0 Å². The average molecular weight is 380 g/mol. The zero-order chi connectivity index (χ0) is 20.1. The lowest BCUT2D eigenvalue weighted by atomic mass is 9.94. The highest BCUT2D eigenvalue weighted by molar-refractivity contribution is 5.89. The number of ether oxygens (including phenoxy) is 1. The van der Waals surface area contributed by atoms with Crippen LogP contribution in [0.25, 0.3) is 0 Å². The van der Waals surface area contributed by atoms with Crippen molar-refractivity contribution in [3.8, 4) is 0 Å². The number of hydrogen-bond acceptors (Lipinski definition) is 3. The van der Waals surface area contributed by atoms with Gasteiger partial charge in [0.05, 0.1) is 6.04 Å². The van der Waals surface area contributed by atoms with E-state index in [0.717, 1.165) is 24.0 Å². The Bertz CT molecular complexity index is 823. The van der Waals surface area contributed by atoms with Gasteiger partial charge in [-0.3, -0.25) is 9.69 Å². The lowest BCUT2D eigenvalue weighted by Gasteiger charge is -2.28. The molecule has 3 rings (SSSR count). The number of carbonyl (C=O) groups is 2. The molecular formula is C24H29NO3. The monoisotopic (exact) mass is 379 g/mol. The summed E-state index contributed by atoms with van der Waals surface area (Å²) in [7, 11) is 0. The van der Waals surface area contributed by atoms with Gasteiger partial charge in [-0.25, -0.2) is 4.79 Å². The van der Waals surface area contributed by atoms with Crippen molar-refractivity contribution in [3.63, 3.8) is 0 Å². The van der Waals surface area contributed by atoms with Crippen molar-refractivity contribution < 1.29 is 14.3 Å². The van der Waals surface area contributed by atoms with Crippen molar-refractivity contribution >= 4 is 11.9 Å². The molecular weight excluding hydrogens is 350 g/mol. The van der Waals surface area contributed by atoms with Crippen molar-refractivity contribution in [2.45, 2.75) is 58.1 Å². The first kappa shape index (κ1) is 20.1. The van der Waals surface area contributed by atoms with Crippen molar-refractivity contribution in [2.24, 2.45) is 0 Å². The van der Waals surface area contributed by atoms with E-state index >= 15 is 0 Å². The summed E-state index contributed by atoms with van der Waals surface area (Å²) in [6.45, 7) is 6.11. The highest BCUT2D eigenvalue weighted by Crippen LogP contribution is 2.24. The molecule has 0 aliphatic carbocycles. The Morgan fingerprint density at radius 3 is 2.32 bits per heavy atom. The third kappa shape index (κ3) is 5.22. The highest BCUT2D eigenvalue weighted by Gasteiger charge is 2.36. The molecule has 0 aromatic heterocycles. The van der Waals surface area contributed by atoms with E-state index in [-0.39, 0.29) is 17.9 Å². The Labute approximate surface area is 167 Å². The van der Waals surface area contributed by atoms with Crippen molar-refractivity contribution in [1.82, 2.24) is 4.90 Å². The van der Waals surface area contributed by atoms with E-state index in [1.807, 2.05) is 57.2 Å². The largest absolute Gasteiger partial charge is 0.444 e. The van der Waals surface area contributed by atoms with Gasteiger partial charge in [0.1, 0.15) is 5.60 Å². The third-order valence-electron chi connectivity index (χ3n) is 4.97. The maximum Gasteiger partial charge on any atom is 0.410 e. The molecule has 1 fully saturated rings. The summed E-state index contributed by atoms with van der Waals surface area (Å²) in [6, 6.07) is 17.9. The number of likely N-dealkylation sites (tertiary alicyclic amines) is 1. The van der Waals surface area contributed by atoms with Crippen LogP contribution in [-0.2, 0) is 22.4 Å². The summed E-state index contributed by atoms with van der Waals surface area (Å²) in [6.07, 6.45) is 2.29. The van der Waals surface area contributed by atoms with Crippen LogP contribution in [0, 0.1) is 0 Å². The van der Waals surface area contributed by atoms with Crippen LogP contribution in [-0.4, -0.2) is 35.0 Å². The normalized spacial score (nSPS) is 16.8. The Hall–Kier alpha value is -2.62. The lowest BCUT2D eigenvalue weighted by molar-refractivity contribution is -0.122. The smallest absolute Gasteiger partial charge is 0.410 e. The Kier molecular flexibility index (Phi) is 6.18. The van der Waals surface area contributed by atoms with E-state index in [4.69, 9.17) is 4.74 Å². The lowest BCUT2D eigenvalue weighted by Crippen LogP contribution is -2.43. The molecule has 0 bridgehead atoms. The van der Waals surface area contributed by atoms with Crippen LogP contribution in [0.3, 0.4) is 0 Å². The highest BCUT2D eigenvalue weighted by atomic mass is 16.6. The fourth-order valence-corrected chi connectivity index (χ4v) is 3.66. The summed E-state index contributed by atoms with van der Waals surface area (Å²) >= 11 is 0. The number of benzene rings is 2. The van der Waals surface area contributed by atoms with Gasteiger partial charge in [-0.05, 0) is 56.7 Å². The maximum absolute atomic E-state index is 13.1. The van der Waals surface area contributed by atoms with Gasteiger partial charge in [-0.1, -0.05) is 54.6 Å². The Morgan fingerprint density at radius 2 is 1.64 bits per heavy atom. The molecule has 2 aromatic carbocycles. The molecule has 0 saturated carbocycles. The molecule has 1 aliphatic heterocycles. The van der Waals surface area contributed by atoms with E-state index in [2.05, 4.69) is 18.2 Å². The minimum atomic E-state index is -0.560. The van der Waals surface area contributed by atoms with Gasteiger partial charge < -0.3 is 4.74 Å². The molecule has 2 aromatic rings. The predicted octanol–water partition coefficient (Wildman–Crippen LogP) is 4.79. The second-order valence-electron chi connectivity index (χ2n) is 8.41. The standard InChI is InChI=1S/C24H29NO3/c1-24(2,3)28-23(27)25-15-9-14-21(25)22(26)17-20-13-8-7-12-19(20)16-18-10-5-4-6-11-18/h4-8,10-13,21H,9,14-17H2,1-3H3/t21-/m0/s1. The molecule has 4 heteroatoms. The van der Waals surface area contributed by atoms with Gasteiger partial charge >= 0.3 is 6.09 Å². The number of Topliss-reactive ketones (excluding diaryl/α,β-unsaturated/α-hetero) is 1. The first-order chi connectivity index (χ1) is 13.3. The molecule has 148 valence electrons. The first-order valence-electron chi connectivity index (χ1n) is 9.96. The van der Waals surface area contributed by atoms with Crippen LogP contribution in [0.4, 0.5) is 4.79 Å². The zero-order valence-electron chi connectivity index (χ0n) is 17.0. The number of hydrogen-bond donors (Lipinski definition) is 0. The van der Waals surface area contributed by atoms with Gasteiger partial charge in [0.15, 0.2) is 5.78 Å². The number of ketones is 1. The molecule has 0 spiro atoms. The number of nitrogens with zero attached hydrogens (tertiary/aromatic N) is 1. The summed E-state index contributed by atoms with van der Waals surface area (Å²) in [5.74, 6) is 0.0869. The maximum atomic E-state index is 13.1. The molecule has 0 unspecified atom stereocenters. The fourth-order valence-electron chi connectivity index (χ4n) is 3.66. The summed E-state index contributed by atoms with van der Waals surface area (Å²) < 4.78 is 5.49. The minimum Gasteiger partial charge on any atom is -0.444 e. The van der Waals surface area contributed by atoms with Crippen molar-refractivity contribution in [3.05, 3.63) is 71.3 Å². The zero-order valence-corrected chi connectivity index (χ0v) is 17.0. The Balaban J connectivity index is 1.71. The summed E-state index contributed by atoms with van der Waals surface area (Å²) in [5, 5.41) is 0. The predicted molar refractivity (Wildman–Crippen MR) is 110 cm³/mol. The van der Waals surface area contributed by atoms with Crippen LogP contribution < -0.4 is 0 Å². The van der Waals surface area contributed by atoms with E-state index in [1.54, 1.807) is 4.90 Å². The van der Waals surface area contributed by atoms with Crippen LogP contribution in [0.15, 0.2) is 54.6 Å². The second kappa shape index (κ2) is 8.59. The first-order valence-corrected chi connectivity index (χ1v) is 9.96. The van der Waals surface area contributed by atoms with Crippen LogP contribution in [0.2, 0.25) is 0 Å². The van der Waals surface area contributed by atoms with Gasteiger partial charge in [0, 0.05) is 13.0 Å². The van der Waals surface area contributed by atoms with Crippen molar-refractivity contribution in [1.29, 1.82) is 0 Å².